The highest BCUT2D eigenvalue weighted by Gasteiger charge is 2.18. The van der Waals surface area contributed by atoms with Gasteiger partial charge >= 0.3 is 5.97 Å². The predicted octanol–water partition coefficient (Wildman–Crippen LogP) is 3.99. The molecule has 8 heteroatoms. The molecule has 2 aromatic heterocycles. The highest BCUT2D eigenvalue weighted by molar-refractivity contribution is 5.93. The van der Waals surface area contributed by atoms with Crippen molar-refractivity contribution in [2.75, 3.05) is 13.6 Å². The third-order valence-corrected chi connectivity index (χ3v) is 4.58. The first-order chi connectivity index (χ1) is 13.9. The molecular weight excluding hydrogens is 377 g/mol. The summed E-state index contributed by atoms with van der Waals surface area (Å²) in [6, 6.07) is 10.8. The van der Waals surface area contributed by atoms with Crippen LogP contribution in [0.3, 0.4) is 0 Å². The number of carboxylic acid groups (broad SMARTS) is 1. The van der Waals surface area contributed by atoms with Crippen molar-refractivity contribution in [3.05, 3.63) is 65.5 Å². The molecule has 0 fully saturated rings. The Morgan fingerprint density at radius 2 is 1.83 bits per heavy atom. The maximum absolute atomic E-state index is 13.0. The number of halogens is 1. The van der Waals surface area contributed by atoms with E-state index >= 15 is 0 Å². The summed E-state index contributed by atoms with van der Waals surface area (Å²) in [4.78, 5) is 24.6. The average Bonchev–Trinajstić information content (AvgIpc) is 3.37. The van der Waals surface area contributed by atoms with Gasteiger partial charge in [-0.2, -0.15) is 5.10 Å². The van der Waals surface area contributed by atoms with Gasteiger partial charge in [-0.3, -0.25) is 9.89 Å². The van der Waals surface area contributed by atoms with Crippen LogP contribution in [0.5, 0.6) is 0 Å². The third-order valence-electron chi connectivity index (χ3n) is 4.58. The molecule has 0 saturated heterocycles. The summed E-state index contributed by atoms with van der Waals surface area (Å²) in [5.41, 5.74) is 2.65. The summed E-state index contributed by atoms with van der Waals surface area (Å²) in [7, 11) is 1.66. The number of carbonyl (C=O) groups excluding carboxylic acids is 1. The van der Waals surface area contributed by atoms with Crippen LogP contribution in [0.1, 0.15) is 46.1 Å². The van der Waals surface area contributed by atoms with Crippen LogP contribution in [0.25, 0.3) is 11.3 Å². The number of carboxylic acids is 1. The van der Waals surface area contributed by atoms with E-state index in [1.165, 1.54) is 29.2 Å². The number of amides is 1. The van der Waals surface area contributed by atoms with Crippen molar-refractivity contribution in [2.45, 2.75) is 25.7 Å². The van der Waals surface area contributed by atoms with Crippen LogP contribution < -0.4 is 0 Å². The van der Waals surface area contributed by atoms with E-state index in [2.05, 4.69) is 10.2 Å². The number of aryl methyl sites for hydroxylation is 1. The van der Waals surface area contributed by atoms with E-state index in [0.29, 0.717) is 6.54 Å². The Hall–Kier alpha value is -3.42. The zero-order valence-electron chi connectivity index (χ0n) is 16.0. The Bertz CT molecular complexity index is 978. The number of rotatable bonds is 9. The molecule has 152 valence electrons. The first kappa shape index (κ1) is 20.3. The van der Waals surface area contributed by atoms with Crippen LogP contribution in [-0.4, -0.2) is 45.7 Å². The van der Waals surface area contributed by atoms with Gasteiger partial charge in [-0.15, -0.1) is 0 Å². The van der Waals surface area contributed by atoms with Crippen molar-refractivity contribution in [1.29, 1.82) is 0 Å². The smallest absolute Gasteiger partial charge is 0.371 e. The van der Waals surface area contributed by atoms with Crippen molar-refractivity contribution in [1.82, 2.24) is 15.1 Å². The molecule has 2 N–H and O–H groups in total. The van der Waals surface area contributed by atoms with E-state index in [1.54, 1.807) is 19.2 Å². The summed E-state index contributed by atoms with van der Waals surface area (Å²) in [6.07, 6.45) is 3.48. The second kappa shape index (κ2) is 9.18. The fraction of sp³-hybridized carbons (Fsp3) is 0.286. The van der Waals surface area contributed by atoms with Gasteiger partial charge in [0.15, 0.2) is 5.76 Å². The highest BCUT2D eigenvalue weighted by Crippen LogP contribution is 2.19. The Kier molecular flexibility index (Phi) is 6.43. The van der Waals surface area contributed by atoms with Gasteiger partial charge in [0, 0.05) is 24.8 Å². The van der Waals surface area contributed by atoms with Crippen molar-refractivity contribution in [3.63, 3.8) is 0 Å². The molecule has 0 saturated carbocycles. The number of hydrogen-bond donors (Lipinski definition) is 2. The number of aromatic nitrogens is 2. The monoisotopic (exact) mass is 399 g/mol. The molecule has 0 aliphatic rings. The standard InChI is InChI=1S/C21H22FN3O4/c1-25(20(26)18-10-11-19(29-18)21(27)28)12-4-2-3-5-16-13-17(24-23-16)14-6-8-15(22)9-7-14/h6-11,13H,2-5,12H2,1H3,(H,23,24)(H,27,28). The lowest BCUT2D eigenvalue weighted by molar-refractivity contribution is 0.0653. The molecule has 3 rings (SSSR count). The Labute approximate surface area is 167 Å². The summed E-state index contributed by atoms with van der Waals surface area (Å²) in [5, 5.41) is 16.1. The van der Waals surface area contributed by atoms with Gasteiger partial charge < -0.3 is 14.4 Å². The minimum absolute atomic E-state index is 0.0238. The minimum atomic E-state index is -1.20. The first-order valence-corrected chi connectivity index (χ1v) is 9.33. The Morgan fingerprint density at radius 3 is 2.52 bits per heavy atom. The van der Waals surface area contributed by atoms with Gasteiger partial charge in [0.05, 0.1) is 5.69 Å². The SMILES string of the molecule is CN(CCCCCc1cc(-c2ccc(F)cc2)n[nH]1)C(=O)c1ccc(C(=O)O)o1. The molecule has 0 atom stereocenters. The quantitative estimate of drug-likeness (QED) is 0.530. The number of H-pyrrole nitrogens is 1. The number of nitrogens with one attached hydrogen (secondary N) is 1. The summed E-state index contributed by atoms with van der Waals surface area (Å²) in [5.74, 6) is -2.04. The van der Waals surface area contributed by atoms with Gasteiger partial charge in [-0.25, -0.2) is 9.18 Å². The molecule has 0 aliphatic heterocycles. The van der Waals surface area contributed by atoms with E-state index in [9.17, 15) is 14.0 Å². The Morgan fingerprint density at radius 1 is 1.10 bits per heavy atom. The number of hydrogen-bond acceptors (Lipinski definition) is 4. The van der Waals surface area contributed by atoms with E-state index in [0.717, 1.165) is 42.6 Å². The van der Waals surface area contributed by atoms with Gasteiger partial charge in [0.2, 0.25) is 5.76 Å². The van der Waals surface area contributed by atoms with Crippen LogP contribution in [0.4, 0.5) is 4.39 Å². The third kappa shape index (κ3) is 5.31. The minimum Gasteiger partial charge on any atom is -0.475 e. The summed E-state index contributed by atoms with van der Waals surface area (Å²) in [6.45, 7) is 0.547. The first-order valence-electron chi connectivity index (χ1n) is 9.33. The van der Waals surface area contributed by atoms with E-state index in [-0.39, 0.29) is 23.2 Å². The molecule has 3 aromatic rings. The fourth-order valence-electron chi connectivity index (χ4n) is 2.96. The number of nitrogens with zero attached hydrogens (tertiary/aromatic N) is 2. The summed E-state index contributed by atoms with van der Waals surface area (Å²) >= 11 is 0. The van der Waals surface area contributed by atoms with E-state index in [1.807, 2.05) is 6.07 Å². The molecule has 1 aromatic carbocycles. The topological polar surface area (TPSA) is 99.4 Å². The lowest BCUT2D eigenvalue weighted by atomic mass is 10.1. The van der Waals surface area contributed by atoms with Crippen LogP contribution in [-0.2, 0) is 6.42 Å². The molecule has 0 unspecified atom stereocenters. The van der Waals surface area contributed by atoms with Crippen LogP contribution in [0.15, 0.2) is 46.9 Å². The number of carbonyl (C=O) groups is 2. The number of benzene rings is 1. The largest absolute Gasteiger partial charge is 0.475 e. The molecule has 0 radical (unpaired) electrons. The second-order valence-corrected chi connectivity index (χ2v) is 6.79. The average molecular weight is 399 g/mol. The maximum atomic E-state index is 13.0. The number of unbranched alkanes of at least 4 members (excludes halogenated alkanes) is 2. The lowest BCUT2D eigenvalue weighted by Gasteiger charge is -2.15. The molecule has 1 amide bonds. The van der Waals surface area contributed by atoms with Crippen molar-refractivity contribution < 1.29 is 23.5 Å². The van der Waals surface area contributed by atoms with Crippen molar-refractivity contribution >= 4 is 11.9 Å². The molecule has 0 bridgehead atoms. The summed E-state index contributed by atoms with van der Waals surface area (Å²) < 4.78 is 18.0. The lowest BCUT2D eigenvalue weighted by Crippen LogP contribution is -2.27. The molecule has 0 spiro atoms. The molecule has 0 aliphatic carbocycles. The molecule has 2 heterocycles. The van der Waals surface area contributed by atoms with Crippen LogP contribution in [0, 0.1) is 5.82 Å². The number of aromatic carboxylic acids is 1. The van der Waals surface area contributed by atoms with Crippen LogP contribution >= 0.6 is 0 Å². The van der Waals surface area contributed by atoms with Gasteiger partial charge in [0.1, 0.15) is 5.82 Å². The fourth-order valence-corrected chi connectivity index (χ4v) is 2.96. The van der Waals surface area contributed by atoms with Crippen LogP contribution in [0.2, 0.25) is 0 Å². The van der Waals surface area contributed by atoms with Gasteiger partial charge in [-0.05, 0) is 61.7 Å². The predicted molar refractivity (Wildman–Crippen MR) is 104 cm³/mol. The Balaban J connectivity index is 1.40. The maximum Gasteiger partial charge on any atom is 0.371 e. The van der Waals surface area contributed by atoms with E-state index in [4.69, 9.17) is 9.52 Å². The van der Waals surface area contributed by atoms with Crippen molar-refractivity contribution in [2.24, 2.45) is 0 Å². The molecular formula is C21H22FN3O4. The van der Waals surface area contributed by atoms with Crippen molar-refractivity contribution in [3.8, 4) is 11.3 Å². The highest BCUT2D eigenvalue weighted by atomic mass is 19.1. The second-order valence-electron chi connectivity index (χ2n) is 6.79. The van der Waals surface area contributed by atoms with E-state index < -0.39 is 5.97 Å². The molecule has 7 nitrogen and oxygen atoms in total. The zero-order chi connectivity index (χ0) is 20.8. The van der Waals surface area contributed by atoms with Gasteiger partial charge in [0.25, 0.3) is 5.91 Å². The molecule has 29 heavy (non-hydrogen) atoms. The van der Waals surface area contributed by atoms with Gasteiger partial charge in [-0.1, -0.05) is 6.42 Å². The number of furan rings is 1. The normalized spacial score (nSPS) is 10.8. The zero-order valence-corrected chi connectivity index (χ0v) is 16.0. The number of aromatic amines is 1.